The predicted octanol–water partition coefficient (Wildman–Crippen LogP) is 6.97. The summed E-state index contributed by atoms with van der Waals surface area (Å²) in [5.41, 5.74) is -0.373. The van der Waals surface area contributed by atoms with Gasteiger partial charge in [-0.25, -0.2) is 4.79 Å². The molecular weight excluding hydrogens is 571 g/mol. The van der Waals surface area contributed by atoms with Crippen LogP contribution in [0.1, 0.15) is 46.6 Å². The lowest BCUT2D eigenvalue weighted by atomic mass is 10.0. The third-order valence-corrected chi connectivity index (χ3v) is 6.67. The number of morpholine rings is 1. The third kappa shape index (κ3) is 8.00. The molecule has 1 aliphatic rings. The van der Waals surface area contributed by atoms with Crippen LogP contribution in [-0.4, -0.2) is 47.3 Å². The van der Waals surface area contributed by atoms with Crippen molar-refractivity contribution in [1.29, 1.82) is 0 Å². The van der Waals surface area contributed by atoms with E-state index in [-0.39, 0.29) is 25.4 Å². The van der Waals surface area contributed by atoms with Crippen molar-refractivity contribution in [3.05, 3.63) is 56.5 Å². The van der Waals surface area contributed by atoms with E-state index in [4.69, 9.17) is 37.4 Å². The van der Waals surface area contributed by atoms with Gasteiger partial charge >= 0.3 is 6.09 Å². The molecule has 0 radical (unpaired) electrons. The fraction of sp³-hybridized carbons (Fsp3) is 0.462. The zero-order valence-electron chi connectivity index (χ0n) is 21.0. The van der Waals surface area contributed by atoms with E-state index in [0.29, 0.717) is 28.2 Å². The topological polar surface area (TPSA) is 77.1 Å². The van der Waals surface area contributed by atoms with Gasteiger partial charge in [-0.3, -0.25) is 9.69 Å². The number of nitrogens with one attached hydrogen (secondary N) is 1. The van der Waals surface area contributed by atoms with Gasteiger partial charge in [0.2, 0.25) is 5.91 Å². The van der Waals surface area contributed by atoms with Gasteiger partial charge in [0.1, 0.15) is 17.1 Å². The number of hydrogen-bond donors (Lipinski definition) is 1. The monoisotopic (exact) mass is 600 g/mol. The Morgan fingerprint density at radius 1 is 1.17 bits per heavy atom. The van der Waals surface area contributed by atoms with Crippen molar-refractivity contribution in [1.82, 2.24) is 10.2 Å². The molecule has 3 rings (SSSR count). The lowest BCUT2D eigenvalue weighted by Crippen LogP contribution is -2.59. The quantitative estimate of drug-likeness (QED) is 0.387. The summed E-state index contributed by atoms with van der Waals surface area (Å²) in [6.45, 7) is 10.1. The van der Waals surface area contributed by atoms with Crippen LogP contribution in [0.2, 0.25) is 10.0 Å². The summed E-state index contributed by atoms with van der Waals surface area (Å²) < 4.78 is 18.3. The Morgan fingerprint density at radius 2 is 1.89 bits per heavy atom. The average Bonchev–Trinajstić information content (AvgIpc) is 2.75. The molecule has 1 saturated heterocycles. The minimum absolute atomic E-state index is 0.106. The first-order chi connectivity index (χ1) is 16.7. The van der Waals surface area contributed by atoms with Crippen LogP contribution < -0.4 is 10.1 Å². The van der Waals surface area contributed by atoms with Crippen LogP contribution in [0.15, 0.2) is 40.9 Å². The summed E-state index contributed by atoms with van der Waals surface area (Å²) in [6.07, 6.45) is -0.753. The first kappa shape index (κ1) is 28.6. The van der Waals surface area contributed by atoms with Gasteiger partial charge in [-0.05, 0) is 58.9 Å². The molecule has 1 heterocycles. The largest absolute Gasteiger partial charge is 0.457 e. The Morgan fingerprint density at radius 3 is 2.56 bits per heavy atom. The normalized spacial score (nSPS) is 17.4. The maximum Gasteiger partial charge on any atom is 0.410 e. The lowest BCUT2D eigenvalue weighted by Gasteiger charge is -2.45. The van der Waals surface area contributed by atoms with Crippen molar-refractivity contribution in [2.75, 3.05) is 13.2 Å². The second kappa shape index (κ2) is 11.6. The molecule has 0 aliphatic carbocycles. The van der Waals surface area contributed by atoms with E-state index >= 15 is 0 Å². The molecule has 0 aromatic heterocycles. The molecule has 2 aromatic rings. The van der Waals surface area contributed by atoms with Crippen LogP contribution in [0.5, 0.6) is 11.5 Å². The second-order valence-corrected chi connectivity index (χ2v) is 12.0. The number of benzene rings is 2. The summed E-state index contributed by atoms with van der Waals surface area (Å²) in [5, 5.41) is 3.74. The molecule has 1 aliphatic heterocycles. The van der Waals surface area contributed by atoms with E-state index < -0.39 is 23.3 Å². The second-order valence-electron chi connectivity index (χ2n) is 10.2. The molecule has 1 unspecified atom stereocenters. The summed E-state index contributed by atoms with van der Waals surface area (Å²) in [5.74, 6) is 0.887. The fourth-order valence-corrected chi connectivity index (χ4v) is 4.20. The summed E-state index contributed by atoms with van der Waals surface area (Å²) >= 11 is 15.5. The number of amides is 2. The Hall–Kier alpha value is -2.00. The number of ether oxygens (including phenoxy) is 3. The van der Waals surface area contributed by atoms with Gasteiger partial charge in [-0.1, -0.05) is 45.2 Å². The summed E-state index contributed by atoms with van der Waals surface area (Å²) in [6, 6.07) is 10.6. The maximum atomic E-state index is 12.8. The highest BCUT2D eigenvalue weighted by Crippen LogP contribution is 2.33. The van der Waals surface area contributed by atoms with Gasteiger partial charge in [0.25, 0.3) is 0 Å². The van der Waals surface area contributed by atoms with Gasteiger partial charge in [-0.2, -0.15) is 0 Å². The van der Waals surface area contributed by atoms with Gasteiger partial charge in [0, 0.05) is 22.6 Å². The van der Waals surface area contributed by atoms with E-state index in [2.05, 4.69) is 21.2 Å². The number of carbonyl (C=O) groups is 2. The molecule has 10 heteroatoms. The van der Waals surface area contributed by atoms with Crippen LogP contribution >= 0.6 is 39.1 Å². The standard InChI is InChI=1S/C26H31BrCl2N2O5/c1-25(2,3)36-24(33)31-14-19(34-15-26(31,4)5)12-23(32)30-13-16-6-7-17(27)10-22(16)35-18-8-9-20(28)21(29)11-18/h6-11,19H,12-15H2,1-5H3,(H,30,32). The zero-order chi connectivity index (χ0) is 26.7. The van der Waals surface area contributed by atoms with Crippen molar-refractivity contribution in [3.63, 3.8) is 0 Å². The first-order valence-corrected chi connectivity index (χ1v) is 13.1. The van der Waals surface area contributed by atoms with Crippen LogP contribution in [0.25, 0.3) is 0 Å². The zero-order valence-corrected chi connectivity index (χ0v) is 24.1. The fourth-order valence-electron chi connectivity index (χ4n) is 3.57. The van der Waals surface area contributed by atoms with E-state index in [0.717, 1.165) is 10.0 Å². The van der Waals surface area contributed by atoms with Crippen LogP contribution in [0.3, 0.4) is 0 Å². The number of rotatable bonds is 6. The molecule has 1 N–H and O–H groups in total. The number of hydrogen-bond acceptors (Lipinski definition) is 5. The summed E-state index contributed by atoms with van der Waals surface area (Å²) in [4.78, 5) is 27.1. The van der Waals surface area contributed by atoms with E-state index in [1.807, 2.05) is 52.8 Å². The highest BCUT2D eigenvalue weighted by atomic mass is 79.9. The van der Waals surface area contributed by atoms with Crippen molar-refractivity contribution in [3.8, 4) is 11.5 Å². The predicted molar refractivity (Wildman–Crippen MR) is 144 cm³/mol. The minimum atomic E-state index is -0.611. The van der Waals surface area contributed by atoms with Gasteiger partial charge in [-0.15, -0.1) is 0 Å². The highest BCUT2D eigenvalue weighted by molar-refractivity contribution is 9.10. The molecule has 2 aromatic carbocycles. The van der Waals surface area contributed by atoms with Gasteiger partial charge in [0.15, 0.2) is 0 Å². The van der Waals surface area contributed by atoms with Crippen LogP contribution in [0.4, 0.5) is 4.79 Å². The number of halogens is 3. The molecule has 36 heavy (non-hydrogen) atoms. The van der Waals surface area contributed by atoms with E-state index in [1.54, 1.807) is 23.1 Å². The lowest BCUT2D eigenvalue weighted by molar-refractivity contribution is -0.132. The Labute approximate surface area is 230 Å². The average molecular weight is 602 g/mol. The molecule has 196 valence electrons. The van der Waals surface area contributed by atoms with Crippen LogP contribution in [-0.2, 0) is 20.8 Å². The Kier molecular flexibility index (Phi) is 9.20. The third-order valence-electron chi connectivity index (χ3n) is 5.44. The SMILES string of the molecule is CC(C)(C)OC(=O)N1CC(CC(=O)NCc2ccc(Br)cc2Oc2ccc(Cl)c(Cl)c2)OCC1(C)C. The Bertz CT molecular complexity index is 1120. The minimum Gasteiger partial charge on any atom is -0.457 e. The van der Waals surface area contributed by atoms with Crippen molar-refractivity contribution >= 4 is 51.1 Å². The number of nitrogens with zero attached hydrogens (tertiary/aromatic N) is 1. The molecule has 0 saturated carbocycles. The number of carbonyl (C=O) groups excluding carboxylic acids is 2. The first-order valence-electron chi connectivity index (χ1n) is 11.5. The van der Waals surface area contributed by atoms with Crippen molar-refractivity contribution < 1.29 is 23.8 Å². The van der Waals surface area contributed by atoms with Gasteiger partial charge < -0.3 is 19.5 Å². The van der Waals surface area contributed by atoms with E-state index in [1.165, 1.54) is 0 Å². The summed E-state index contributed by atoms with van der Waals surface area (Å²) in [7, 11) is 0. The van der Waals surface area contributed by atoms with Crippen molar-refractivity contribution in [2.24, 2.45) is 0 Å². The van der Waals surface area contributed by atoms with Gasteiger partial charge in [0.05, 0.1) is 41.3 Å². The molecule has 0 bridgehead atoms. The molecule has 1 fully saturated rings. The maximum absolute atomic E-state index is 12.8. The molecule has 7 nitrogen and oxygen atoms in total. The Balaban J connectivity index is 1.62. The van der Waals surface area contributed by atoms with Crippen LogP contribution in [0, 0.1) is 0 Å². The molecule has 0 spiro atoms. The molecule has 1 atom stereocenters. The van der Waals surface area contributed by atoms with Crippen molar-refractivity contribution in [2.45, 2.75) is 64.8 Å². The molecule has 2 amide bonds. The molecular formula is C26H31BrCl2N2O5. The highest BCUT2D eigenvalue weighted by Gasteiger charge is 2.40. The van der Waals surface area contributed by atoms with E-state index in [9.17, 15) is 9.59 Å². The smallest absolute Gasteiger partial charge is 0.410 e.